The molecule has 0 radical (unpaired) electrons. The van der Waals surface area contributed by atoms with E-state index in [0.29, 0.717) is 36.4 Å². The first-order valence-electron chi connectivity index (χ1n) is 6.48. The molecule has 90 valence electrons. The van der Waals surface area contributed by atoms with Crippen molar-refractivity contribution in [1.82, 2.24) is 0 Å². The molecule has 1 spiro atoms. The SMILES string of the molecule is CC1CC2CC(=O)C[C@H](C1)C21CCC(O)O1. The lowest BCUT2D eigenvalue weighted by atomic mass is 9.58. The average molecular weight is 224 g/mol. The first-order valence-corrected chi connectivity index (χ1v) is 6.48. The van der Waals surface area contributed by atoms with Gasteiger partial charge in [-0.1, -0.05) is 6.92 Å². The Labute approximate surface area is 96.2 Å². The Morgan fingerprint density at radius 2 is 1.94 bits per heavy atom. The molecule has 16 heavy (non-hydrogen) atoms. The normalized spacial score (nSPS) is 52.2. The van der Waals surface area contributed by atoms with Gasteiger partial charge in [-0.05, 0) is 37.0 Å². The summed E-state index contributed by atoms with van der Waals surface area (Å²) < 4.78 is 5.86. The van der Waals surface area contributed by atoms with E-state index in [2.05, 4.69) is 6.92 Å². The van der Waals surface area contributed by atoms with Gasteiger partial charge in [0.2, 0.25) is 0 Å². The van der Waals surface area contributed by atoms with E-state index in [9.17, 15) is 9.90 Å². The van der Waals surface area contributed by atoms with Crippen LogP contribution in [0, 0.1) is 17.8 Å². The Hall–Kier alpha value is -0.410. The second-order valence-corrected chi connectivity index (χ2v) is 5.98. The van der Waals surface area contributed by atoms with E-state index in [1.165, 1.54) is 0 Å². The molecule has 0 amide bonds. The van der Waals surface area contributed by atoms with Crippen LogP contribution >= 0.6 is 0 Å². The number of hydrogen-bond donors (Lipinski definition) is 1. The van der Waals surface area contributed by atoms with Crippen LogP contribution in [0.3, 0.4) is 0 Å². The summed E-state index contributed by atoms with van der Waals surface area (Å²) in [6.45, 7) is 2.27. The van der Waals surface area contributed by atoms with Crippen LogP contribution in [-0.2, 0) is 9.53 Å². The molecule has 0 aromatic heterocycles. The first kappa shape index (κ1) is 10.7. The van der Waals surface area contributed by atoms with Gasteiger partial charge in [0.15, 0.2) is 6.29 Å². The summed E-state index contributed by atoms with van der Waals surface area (Å²) in [5.74, 6) is 1.83. The molecule has 1 heterocycles. The minimum atomic E-state index is -0.591. The maximum absolute atomic E-state index is 11.7. The lowest BCUT2D eigenvalue weighted by molar-refractivity contribution is -0.208. The molecule has 3 rings (SSSR count). The Morgan fingerprint density at radius 1 is 1.31 bits per heavy atom. The Morgan fingerprint density at radius 3 is 2.44 bits per heavy atom. The van der Waals surface area contributed by atoms with Crippen LogP contribution < -0.4 is 0 Å². The third-order valence-electron chi connectivity index (χ3n) is 4.84. The molecule has 0 aromatic rings. The molecule has 2 saturated carbocycles. The second kappa shape index (κ2) is 3.54. The van der Waals surface area contributed by atoms with Crippen molar-refractivity contribution >= 4 is 5.78 Å². The monoisotopic (exact) mass is 224 g/mol. The molecule has 0 aromatic carbocycles. The summed E-state index contributed by atoms with van der Waals surface area (Å²) in [7, 11) is 0. The van der Waals surface area contributed by atoms with Gasteiger partial charge in [0.25, 0.3) is 0 Å². The molecule has 2 aliphatic carbocycles. The minimum Gasteiger partial charge on any atom is -0.368 e. The molecule has 3 aliphatic rings. The summed E-state index contributed by atoms with van der Waals surface area (Å²) in [6, 6.07) is 0. The number of rotatable bonds is 0. The van der Waals surface area contributed by atoms with E-state index in [1.807, 2.05) is 0 Å². The predicted molar refractivity (Wildman–Crippen MR) is 58.7 cm³/mol. The smallest absolute Gasteiger partial charge is 0.155 e. The van der Waals surface area contributed by atoms with Crippen molar-refractivity contribution in [3.8, 4) is 0 Å². The Bertz CT molecular complexity index is 294. The number of aliphatic hydroxyl groups is 1. The zero-order valence-corrected chi connectivity index (χ0v) is 9.82. The van der Waals surface area contributed by atoms with Crippen LogP contribution in [-0.4, -0.2) is 22.8 Å². The average Bonchev–Trinajstić information content (AvgIpc) is 2.54. The molecule has 2 bridgehead atoms. The number of carbonyl (C=O) groups is 1. The largest absolute Gasteiger partial charge is 0.368 e. The van der Waals surface area contributed by atoms with Crippen molar-refractivity contribution < 1.29 is 14.6 Å². The zero-order chi connectivity index (χ0) is 11.3. The summed E-state index contributed by atoms with van der Waals surface area (Å²) in [5, 5.41) is 9.63. The lowest BCUT2D eigenvalue weighted by Gasteiger charge is -2.51. The van der Waals surface area contributed by atoms with Gasteiger partial charge in [0, 0.05) is 19.3 Å². The molecular formula is C13H20O3. The topological polar surface area (TPSA) is 46.5 Å². The molecule has 1 aliphatic heterocycles. The molecule has 1 saturated heterocycles. The van der Waals surface area contributed by atoms with E-state index in [4.69, 9.17) is 4.74 Å². The van der Waals surface area contributed by atoms with E-state index >= 15 is 0 Å². The van der Waals surface area contributed by atoms with Crippen LogP contribution in [0.4, 0.5) is 0 Å². The maximum atomic E-state index is 11.7. The highest BCUT2D eigenvalue weighted by Crippen LogP contribution is 2.55. The molecular weight excluding hydrogens is 204 g/mol. The fraction of sp³-hybridized carbons (Fsp3) is 0.923. The molecule has 3 heteroatoms. The fourth-order valence-corrected chi connectivity index (χ4v) is 4.27. The van der Waals surface area contributed by atoms with Gasteiger partial charge in [-0.15, -0.1) is 0 Å². The number of Topliss-reactive ketones (excluding diaryl/α,β-unsaturated/α-hetero) is 1. The second-order valence-electron chi connectivity index (χ2n) is 5.98. The standard InChI is InChI=1S/C13H20O3/c1-8-4-9-6-11(14)7-10(5-8)13(9)3-2-12(15)16-13/h8-10,12,15H,2-7H2,1H3/t8?,9-,10?,12?,13?/m0/s1. The van der Waals surface area contributed by atoms with E-state index in [-0.39, 0.29) is 5.60 Å². The summed E-state index contributed by atoms with van der Waals surface area (Å²) in [4.78, 5) is 11.7. The van der Waals surface area contributed by atoms with Crippen LogP contribution in [0.25, 0.3) is 0 Å². The molecule has 3 nitrogen and oxygen atoms in total. The third kappa shape index (κ3) is 1.45. The summed E-state index contributed by atoms with van der Waals surface area (Å²) in [5.41, 5.74) is -0.153. The maximum Gasteiger partial charge on any atom is 0.155 e. The van der Waals surface area contributed by atoms with Gasteiger partial charge < -0.3 is 9.84 Å². The van der Waals surface area contributed by atoms with E-state index in [0.717, 1.165) is 25.7 Å². The van der Waals surface area contributed by atoms with Gasteiger partial charge in [0.1, 0.15) is 5.78 Å². The number of ketones is 1. The molecule has 4 unspecified atom stereocenters. The Balaban J connectivity index is 1.91. The number of carbonyl (C=O) groups excluding carboxylic acids is 1. The third-order valence-corrected chi connectivity index (χ3v) is 4.84. The van der Waals surface area contributed by atoms with Gasteiger partial charge >= 0.3 is 0 Å². The highest BCUT2D eigenvalue weighted by Gasteiger charge is 2.57. The lowest BCUT2D eigenvalue weighted by Crippen LogP contribution is -2.54. The van der Waals surface area contributed by atoms with Crippen molar-refractivity contribution in [3.63, 3.8) is 0 Å². The number of ether oxygens (including phenoxy) is 1. The van der Waals surface area contributed by atoms with Crippen LogP contribution in [0.5, 0.6) is 0 Å². The van der Waals surface area contributed by atoms with Crippen molar-refractivity contribution in [2.45, 2.75) is 57.3 Å². The van der Waals surface area contributed by atoms with Crippen molar-refractivity contribution in [3.05, 3.63) is 0 Å². The van der Waals surface area contributed by atoms with Crippen molar-refractivity contribution in [2.24, 2.45) is 17.8 Å². The summed E-state index contributed by atoms with van der Waals surface area (Å²) in [6.07, 6.45) is 4.64. The molecule has 3 fully saturated rings. The van der Waals surface area contributed by atoms with Crippen LogP contribution in [0.2, 0.25) is 0 Å². The first-order chi connectivity index (χ1) is 7.60. The van der Waals surface area contributed by atoms with E-state index in [1.54, 1.807) is 0 Å². The minimum absolute atomic E-state index is 0.153. The van der Waals surface area contributed by atoms with E-state index < -0.39 is 6.29 Å². The molecule has 5 atom stereocenters. The molecule has 1 N–H and O–H groups in total. The quantitative estimate of drug-likeness (QED) is 0.683. The van der Waals surface area contributed by atoms with Crippen LogP contribution in [0.1, 0.15) is 45.4 Å². The van der Waals surface area contributed by atoms with Gasteiger partial charge in [-0.25, -0.2) is 0 Å². The summed E-state index contributed by atoms with van der Waals surface area (Å²) >= 11 is 0. The Kier molecular flexibility index (Phi) is 2.37. The van der Waals surface area contributed by atoms with Gasteiger partial charge in [0.05, 0.1) is 5.60 Å². The fourth-order valence-electron chi connectivity index (χ4n) is 4.27. The number of hydrogen-bond acceptors (Lipinski definition) is 3. The highest BCUT2D eigenvalue weighted by molar-refractivity contribution is 5.80. The van der Waals surface area contributed by atoms with Gasteiger partial charge in [-0.2, -0.15) is 0 Å². The van der Waals surface area contributed by atoms with Crippen molar-refractivity contribution in [1.29, 1.82) is 0 Å². The van der Waals surface area contributed by atoms with Crippen LogP contribution in [0.15, 0.2) is 0 Å². The predicted octanol–water partition coefficient (Wildman–Crippen LogP) is 1.88. The zero-order valence-electron chi connectivity index (χ0n) is 9.82. The highest BCUT2D eigenvalue weighted by atomic mass is 16.6. The number of aliphatic hydroxyl groups excluding tert-OH is 1. The van der Waals surface area contributed by atoms with Gasteiger partial charge in [-0.3, -0.25) is 4.79 Å². The van der Waals surface area contributed by atoms with Crippen molar-refractivity contribution in [2.75, 3.05) is 0 Å².